The summed E-state index contributed by atoms with van der Waals surface area (Å²) in [5.74, 6) is 0.532. The predicted octanol–water partition coefficient (Wildman–Crippen LogP) is 5.73. The van der Waals surface area contributed by atoms with Gasteiger partial charge in [-0.2, -0.15) is 0 Å². The second-order valence-corrected chi connectivity index (χ2v) is 8.22. The lowest BCUT2D eigenvalue weighted by Gasteiger charge is -2.35. The highest BCUT2D eigenvalue weighted by atomic mass is 16.6. The molecule has 2 aliphatic rings. The minimum atomic E-state index is -0.317. The molecule has 5 heteroatoms. The summed E-state index contributed by atoms with van der Waals surface area (Å²) >= 11 is 0. The first-order chi connectivity index (χ1) is 15.6. The van der Waals surface area contributed by atoms with Crippen LogP contribution in [0.15, 0.2) is 65.9 Å². The normalized spacial score (nSPS) is 17.4. The van der Waals surface area contributed by atoms with Gasteiger partial charge < -0.3 is 14.8 Å². The van der Waals surface area contributed by atoms with Crippen molar-refractivity contribution < 1.29 is 19.1 Å². The fraction of sp³-hybridized carbons (Fsp3) is 0.259. The van der Waals surface area contributed by atoms with Crippen LogP contribution in [0.1, 0.15) is 49.7 Å². The zero-order valence-electron chi connectivity index (χ0n) is 18.2. The van der Waals surface area contributed by atoms with Crippen molar-refractivity contribution in [3.63, 3.8) is 0 Å². The topological polar surface area (TPSA) is 64.6 Å². The number of ketones is 1. The molecule has 5 rings (SSSR count). The van der Waals surface area contributed by atoms with E-state index in [1.54, 1.807) is 20.1 Å². The third-order valence-corrected chi connectivity index (χ3v) is 6.33. The number of Topliss-reactive ketones (excluding diaryl/α,β-unsaturated/α-hetero) is 1. The average molecular weight is 428 g/mol. The fourth-order valence-corrected chi connectivity index (χ4v) is 4.79. The Morgan fingerprint density at radius 1 is 1.06 bits per heavy atom. The smallest absolute Gasteiger partial charge is 0.311 e. The molecule has 0 bridgehead atoms. The quantitative estimate of drug-likeness (QED) is 0.426. The minimum Gasteiger partial charge on any atom is -0.493 e. The Balaban J connectivity index is 1.70. The summed E-state index contributed by atoms with van der Waals surface area (Å²) in [6.07, 6.45) is 2.55. The zero-order valence-corrected chi connectivity index (χ0v) is 18.2. The van der Waals surface area contributed by atoms with Crippen molar-refractivity contribution in [2.45, 2.75) is 38.5 Å². The number of allylic oxidation sites excluding steroid dienone is 2. The van der Waals surface area contributed by atoms with E-state index in [1.165, 1.54) is 0 Å². The van der Waals surface area contributed by atoms with Gasteiger partial charge in [-0.15, -0.1) is 0 Å². The number of carbonyl (C=O) groups is 2. The van der Waals surface area contributed by atoms with Crippen molar-refractivity contribution in [1.82, 2.24) is 0 Å². The molecule has 1 aliphatic heterocycles. The molecule has 1 aliphatic carbocycles. The molecule has 5 nitrogen and oxygen atoms in total. The SMILES string of the molecule is CCC(=O)Oc1ccc([C@H]2C3=C(CCCC3=O)Nc3c2ccc2ccccc32)cc1OC. The highest BCUT2D eigenvalue weighted by Gasteiger charge is 2.36. The summed E-state index contributed by atoms with van der Waals surface area (Å²) in [5.41, 5.74) is 4.91. The van der Waals surface area contributed by atoms with E-state index in [0.717, 1.165) is 51.7 Å². The van der Waals surface area contributed by atoms with Gasteiger partial charge in [-0.3, -0.25) is 9.59 Å². The molecule has 3 aromatic carbocycles. The molecule has 0 radical (unpaired) electrons. The molecular formula is C27H25NO4. The minimum absolute atomic E-state index is 0.183. The largest absolute Gasteiger partial charge is 0.493 e. The Kier molecular flexibility index (Phi) is 5.17. The summed E-state index contributed by atoms with van der Waals surface area (Å²) in [7, 11) is 1.56. The molecule has 1 N–H and O–H groups in total. The Morgan fingerprint density at radius 2 is 1.91 bits per heavy atom. The molecule has 1 heterocycles. The van der Waals surface area contributed by atoms with Crippen LogP contribution in [0.2, 0.25) is 0 Å². The number of rotatable bonds is 4. The molecule has 0 aromatic heterocycles. The molecule has 0 unspecified atom stereocenters. The molecule has 1 atom stereocenters. The maximum atomic E-state index is 13.1. The van der Waals surface area contributed by atoms with Crippen molar-refractivity contribution in [3.05, 3.63) is 77.0 Å². The van der Waals surface area contributed by atoms with Gasteiger partial charge in [0.1, 0.15) is 0 Å². The van der Waals surface area contributed by atoms with E-state index in [4.69, 9.17) is 9.47 Å². The van der Waals surface area contributed by atoms with Crippen molar-refractivity contribution in [2.75, 3.05) is 12.4 Å². The van der Waals surface area contributed by atoms with E-state index in [2.05, 4.69) is 29.6 Å². The van der Waals surface area contributed by atoms with Gasteiger partial charge in [-0.1, -0.05) is 49.4 Å². The fourth-order valence-electron chi connectivity index (χ4n) is 4.79. The van der Waals surface area contributed by atoms with Gasteiger partial charge in [0.05, 0.1) is 12.8 Å². The summed E-state index contributed by atoms with van der Waals surface area (Å²) in [6.45, 7) is 1.75. The van der Waals surface area contributed by atoms with Gasteiger partial charge in [0.2, 0.25) is 0 Å². The summed E-state index contributed by atoms with van der Waals surface area (Å²) in [5, 5.41) is 5.90. The third kappa shape index (κ3) is 3.34. The third-order valence-electron chi connectivity index (χ3n) is 6.33. The average Bonchev–Trinajstić information content (AvgIpc) is 2.83. The van der Waals surface area contributed by atoms with Crippen LogP contribution >= 0.6 is 0 Å². The van der Waals surface area contributed by atoms with Crippen molar-refractivity contribution >= 4 is 28.2 Å². The van der Waals surface area contributed by atoms with E-state index < -0.39 is 0 Å². The monoisotopic (exact) mass is 427 g/mol. The zero-order chi connectivity index (χ0) is 22.2. The highest BCUT2D eigenvalue weighted by Crippen LogP contribution is 2.48. The number of esters is 1. The first-order valence-corrected chi connectivity index (χ1v) is 11.0. The number of carbonyl (C=O) groups excluding carboxylic acids is 2. The molecule has 0 amide bonds. The molecule has 0 saturated heterocycles. The molecule has 0 fully saturated rings. The Hall–Kier alpha value is -3.60. The number of ether oxygens (including phenoxy) is 2. The maximum absolute atomic E-state index is 13.1. The first kappa shape index (κ1) is 20.3. The maximum Gasteiger partial charge on any atom is 0.311 e. The summed E-state index contributed by atoms with van der Waals surface area (Å²) in [6, 6.07) is 18.1. The summed E-state index contributed by atoms with van der Waals surface area (Å²) in [4.78, 5) is 24.9. The number of benzene rings is 3. The van der Waals surface area contributed by atoms with Crippen molar-refractivity contribution in [3.8, 4) is 11.5 Å². The lowest BCUT2D eigenvalue weighted by atomic mass is 9.75. The molecule has 162 valence electrons. The van der Waals surface area contributed by atoms with Gasteiger partial charge in [-0.25, -0.2) is 0 Å². The second kappa shape index (κ2) is 8.15. The van der Waals surface area contributed by atoms with Crippen LogP contribution in [0, 0.1) is 0 Å². The van der Waals surface area contributed by atoms with Crippen molar-refractivity contribution in [1.29, 1.82) is 0 Å². The molecule has 32 heavy (non-hydrogen) atoms. The van der Waals surface area contributed by atoms with Gasteiger partial charge in [-0.05, 0) is 41.5 Å². The number of hydrogen-bond acceptors (Lipinski definition) is 5. The Morgan fingerprint density at radius 3 is 2.72 bits per heavy atom. The lowest BCUT2D eigenvalue weighted by molar-refractivity contribution is -0.134. The van der Waals surface area contributed by atoms with E-state index in [9.17, 15) is 9.59 Å². The van der Waals surface area contributed by atoms with Crippen LogP contribution in [0.25, 0.3) is 10.8 Å². The summed E-state index contributed by atoms with van der Waals surface area (Å²) < 4.78 is 11.0. The van der Waals surface area contributed by atoms with Gasteiger partial charge in [0, 0.05) is 35.4 Å². The molecule has 0 spiro atoms. The standard InChI is InChI=1S/C27H25NO4/c1-3-24(30)32-22-14-12-17(15-23(22)31-2)25-19-13-11-16-7-4-5-8-18(16)27(19)28-20-9-6-10-21(29)26(20)25/h4-5,7-8,11-15,25,28H,3,6,9-10H2,1-2H3/t25-/m1/s1. The van der Waals surface area contributed by atoms with Crippen LogP contribution in [0.3, 0.4) is 0 Å². The van der Waals surface area contributed by atoms with Crippen molar-refractivity contribution in [2.24, 2.45) is 0 Å². The number of fused-ring (bicyclic) bond motifs is 3. The predicted molar refractivity (Wildman–Crippen MR) is 124 cm³/mol. The van der Waals surface area contributed by atoms with Crippen LogP contribution < -0.4 is 14.8 Å². The van der Waals surface area contributed by atoms with Crippen LogP contribution in [-0.4, -0.2) is 18.9 Å². The highest BCUT2D eigenvalue weighted by molar-refractivity contribution is 6.04. The Labute approximate surface area is 187 Å². The number of methoxy groups -OCH3 is 1. The van der Waals surface area contributed by atoms with Crippen LogP contribution in [0.5, 0.6) is 11.5 Å². The molecule has 0 saturated carbocycles. The van der Waals surface area contributed by atoms with E-state index in [0.29, 0.717) is 17.9 Å². The number of nitrogens with one attached hydrogen (secondary N) is 1. The van der Waals surface area contributed by atoms with Gasteiger partial charge >= 0.3 is 5.97 Å². The molecule has 3 aromatic rings. The Bertz CT molecular complexity index is 1270. The van der Waals surface area contributed by atoms with E-state index in [1.807, 2.05) is 24.3 Å². The molecular weight excluding hydrogens is 402 g/mol. The van der Waals surface area contributed by atoms with Crippen LogP contribution in [-0.2, 0) is 9.59 Å². The second-order valence-electron chi connectivity index (χ2n) is 8.22. The van der Waals surface area contributed by atoms with Crippen LogP contribution in [0.4, 0.5) is 5.69 Å². The first-order valence-electron chi connectivity index (χ1n) is 11.0. The number of hydrogen-bond donors (Lipinski definition) is 1. The number of anilines is 1. The van der Waals surface area contributed by atoms with Gasteiger partial charge in [0.25, 0.3) is 0 Å². The van der Waals surface area contributed by atoms with Gasteiger partial charge in [0.15, 0.2) is 17.3 Å². The van der Waals surface area contributed by atoms with E-state index in [-0.39, 0.29) is 24.1 Å². The lowest BCUT2D eigenvalue weighted by Crippen LogP contribution is -2.27. The van der Waals surface area contributed by atoms with E-state index >= 15 is 0 Å².